The van der Waals surface area contributed by atoms with E-state index in [9.17, 15) is 4.39 Å². The van der Waals surface area contributed by atoms with Crippen molar-refractivity contribution in [3.63, 3.8) is 0 Å². The highest BCUT2D eigenvalue weighted by Crippen LogP contribution is 2.35. The van der Waals surface area contributed by atoms with Crippen molar-refractivity contribution in [2.24, 2.45) is 0 Å². The van der Waals surface area contributed by atoms with Crippen molar-refractivity contribution in [1.82, 2.24) is 39.9 Å². The molecular weight excluding hydrogens is 571 g/mol. The van der Waals surface area contributed by atoms with Crippen LogP contribution in [0.2, 0.25) is 0 Å². The summed E-state index contributed by atoms with van der Waals surface area (Å²) in [5.41, 5.74) is 6.86. The molecule has 0 spiro atoms. The highest BCUT2D eigenvalue weighted by atomic mass is 19.1. The number of H-pyrrole nitrogens is 2. The van der Waals surface area contributed by atoms with Gasteiger partial charge in [-0.1, -0.05) is 0 Å². The highest BCUT2D eigenvalue weighted by Gasteiger charge is 2.17. The Morgan fingerprint density at radius 3 is 2.56 bits per heavy atom. The molecule has 0 saturated carbocycles. The first-order valence-electron chi connectivity index (χ1n) is 15.2. The van der Waals surface area contributed by atoms with Crippen LogP contribution in [0.5, 0.6) is 11.5 Å². The van der Waals surface area contributed by atoms with Crippen LogP contribution in [0.4, 0.5) is 4.39 Å². The maximum absolute atomic E-state index is 14.8. The minimum absolute atomic E-state index is 0.354. The van der Waals surface area contributed by atoms with Crippen LogP contribution in [0, 0.1) is 5.82 Å². The van der Waals surface area contributed by atoms with Gasteiger partial charge in [0.1, 0.15) is 41.7 Å². The summed E-state index contributed by atoms with van der Waals surface area (Å²) in [4.78, 5) is 21.7. The van der Waals surface area contributed by atoms with Crippen LogP contribution in [0.1, 0.15) is 12.8 Å². The van der Waals surface area contributed by atoms with Gasteiger partial charge in [0.05, 0.1) is 34.8 Å². The van der Waals surface area contributed by atoms with E-state index in [0.29, 0.717) is 41.5 Å². The number of halogens is 1. The monoisotopic (exact) mass is 606 g/mol. The van der Waals surface area contributed by atoms with Crippen LogP contribution >= 0.6 is 0 Å². The quantitative estimate of drug-likeness (QED) is 0.191. The second-order valence-corrected chi connectivity index (χ2v) is 11.6. The number of aromatic nitrogens is 6. The van der Waals surface area contributed by atoms with Crippen molar-refractivity contribution >= 4 is 21.9 Å². The molecule has 6 heterocycles. The van der Waals surface area contributed by atoms with E-state index in [1.165, 1.54) is 25.0 Å². The van der Waals surface area contributed by atoms with Gasteiger partial charge in [-0.3, -0.25) is 20.0 Å². The van der Waals surface area contributed by atoms with Crippen LogP contribution in [0.15, 0.2) is 67.3 Å². The molecule has 1 aromatic carbocycles. The number of likely N-dealkylation sites (N-methyl/N-ethyl adjacent to an activating group) is 1. The second kappa shape index (κ2) is 12.6. The molecule has 45 heavy (non-hydrogen) atoms. The third-order valence-electron chi connectivity index (χ3n) is 8.08. The van der Waals surface area contributed by atoms with Gasteiger partial charge in [0.15, 0.2) is 0 Å². The lowest BCUT2D eigenvalue weighted by atomic mass is 10.0. The van der Waals surface area contributed by atoms with E-state index >= 15 is 0 Å². The Bertz CT molecular complexity index is 1950. The lowest BCUT2D eigenvalue weighted by Gasteiger charge is -2.15. The predicted molar refractivity (Wildman–Crippen MR) is 173 cm³/mol. The zero-order valence-electron chi connectivity index (χ0n) is 25.4. The molecule has 1 saturated heterocycles. The van der Waals surface area contributed by atoms with Gasteiger partial charge in [-0.05, 0) is 82.0 Å². The van der Waals surface area contributed by atoms with Crippen LogP contribution in [0.3, 0.4) is 0 Å². The smallest absolute Gasteiger partial charge is 0.138 e. The van der Waals surface area contributed by atoms with Crippen molar-refractivity contribution in [3.05, 3.63) is 73.1 Å². The Hall–Kier alpha value is -4.87. The van der Waals surface area contributed by atoms with Gasteiger partial charge >= 0.3 is 0 Å². The van der Waals surface area contributed by atoms with E-state index in [4.69, 9.17) is 14.5 Å². The van der Waals surface area contributed by atoms with E-state index in [2.05, 4.69) is 34.9 Å². The Morgan fingerprint density at radius 1 is 0.867 bits per heavy atom. The maximum Gasteiger partial charge on any atom is 0.138 e. The number of aromatic amines is 2. The summed E-state index contributed by atoms with van der Waals surface area (Å²) in [6, 6.07) is 12.7. The molecule has 10 nitrogen and oxygen atoms in total. The summed E-state index contributed by atoms with van der Waals surface area (Å²) in [5, 5.41) is 8.59. The summed E-state index contributed by atoms with van der Waals surface area (Å²) < 4.78 is 26.6. The Labute approximate surface area is 260 Å². The fraction of sp³-hybridized carbons (Fsp3) is 0.294. The number of hydrogen-bond acceptors (Lipinski definition) is 8. The first-order valence-corrected chi connectivity index (χ1v) is 15.2. The van der Waals surface area contributed by atoms with Crippen molar-refractivity contribution in [1.29, 1.82) is 0 Å². The molecule has 11 heteroatoms. The van der Waals surface area contributed by atoms with Crippen LogP contribution in [-0.2, 0) is 0 Å². The number of likely N-dealkylation sites (tertiary alicyclic amines) is 1. The molecule has 7 rings (SSSR count). The zero-order chi connectivity index (χ0) is 30.8. The number of ether oxygens (including phenoxy) is 2. The topological polar surface area (TPSA) is 108 Å². The standard InChI is InChI=1S/C34H35FN8O2/c1-42(2)9-11-45-26-15-23(18-36-19-26)29-5-6-30-33(39-29)34(41-40-30)31-17-27-28(20-37-21-32(27)38-31)22-13-24(35)16-25(14-22)44-12-10-43-7-3-4-8-43/h5-6,13-21,38H,3-4,7-12H2,1-2H3,(H,40,41). The van der Waals surface area contributed by atoms with Gasteiger partial charge in [0.25, 0.3) is 0 Å². The maximum atomic E-state index is 14.8. The summed E-state index contributed by atoms with van der Waals surface area (Å²) in [6.07, 6.45) is 9.45. The van der Waals surface area contributed by atoms with Crippen molar-refractivity contribution in [2.45, 2.75) is 12.8 Å². The number of hydrogen-bond donors (Lipinski definition) is 2. The van der Waals surface area contributed by atoms with Crippen molar-refractivity contribution < 1.29 is 13.9 Å². The molecule has 5 aromatic heterocycles. The van der Waals surface area contributed by atoms with Gasteiger partial charge < -0.3 is 19.4 Å². The van der Waals surface area contributed by atoms with Gasteiger partial charge in [0, 0.05) is 48.1 Å². The average Bonchev–Trinajstić information content (AvgIpc) is 3.80. The van der Waals surface area contributed by atoms with E-state index in [1.807, 2.05) is 44.4 Å². The minimum atomic E-state index is -0.354. The molecule has 2 N–H and O–H groups in total. The molecule has 1 aliphatic heterocycles. The number of fused-ring (bicyclic) bond motifs is 2. The lowest BCUT2D eigenvalue weighted by Crippen LogP contribution is -2.25. The normalized spacial score (nSPS) is 13.8. The molecule has 0 amide bonds. The molecule has 1 fully saturated rings. The van der Waals surface area contributed by atoms with Crippen LogP contribution in [-0.4, -0.2) is 93.4 Å². The van der Waals surface area contributed by atoms with E-state index in [-0.39, 0.29) is 5.82 Å². The predicted octanol–water partition coefficient (Wildman–Crippen LogP) is 5.78. The van der Waals surface area contributed by atoms with Crippen molar-refractivity contribution in [2.75, 3.05) is 53.5 Å². The van der Waals surface area contributed by atoms with Gasteiger partial charge in [-0.15, -0.1) is 0 Å². The SMILES string of the molecule is CN(C)CCOc1cncc(-c2ccc3[nH]nc(-c4cc5c(-c6cc(F)cc(OCCN7CCCC7)c6)cncc5[nH]4)c3n2)c1. The Balaban J connectivity index is 1.18. The molecule has 0 bridgehead atoms. The van der Waals surface area contributed by atoms with Gasteiger partial charge in [-0.2, -0.15) is 5.10 Å². The minimum Gasteiger partial charge on any atom is -0.492 e. The molecule has 0 atom stereocenters. The fourth-order valence-electron chi connectivity index (χ4n) is 5.74. The van der Waals surface area contributed by atoms with E-state index < -0.39 is 0 Å². The number of pyridine rings is 3. The molecule has 0 unspecified atom stereocenters. The lowest BCUT2D eigenvalue weighted by molar-refractivity contribution is 0.237. The van der Waals surface area contributed by atoms with Gasteiger partial charge in [-0.25, -0.2) is 9.37 Å². The number of benzene rings is 1. The molecule has 230 valence electrons. The number of nitrogens with one attached hydrogen (secondary N) is 2. The largest absolute Gasteiger partial charge is 0.492 e. The Kier molecular flexibility index (Phi) is 8.10. The van der Waals surface area contributed by atoms with Crippen LogP contribution in [0.25, 0.3) is 55.7 Å². The van der Waals surface area contributed by atoms with Gasteiger partial charge in [0.2, 0.25) is 0 Å². The third kappa shape index (κ3) is 6.36. The molecule has 6 aromatic rings. The average molecular weight is 607 g/mol. The fourth-order valence-corrected chi connectivity index (χ4v) is 5.74. The molecule has 1 aliphatic rings. The van der Waals surface area contributed by atoms with E-state index in [0.717, 1.165) is 65.1 Å². The molecular formula is C34H35FN8O2. The number of nitrogens with zero attached hydrogens (tertiary/aromatic N) is 6. The van der Waals surface area contributed by atoms with Crippen molar-refractivity contribution in [3.8, 4) is 45.3 Å². The summed E-state index contributed by atoms with van der Waals surface area (Å²) in [6.45, 7) is 4.92. The summed E-state index contributed by atoms with van der Waals surface area (Å²) >= 11 is 0. The third-order valence-corrected chi connectivity index (χ3v) is 8.08. The second-order valence-electron chi connectivity index (χ2n) is 11.6. The summed E-state index contributed by atoms with van der Waals surface area (Å²) in [5.74, 6) is 0.846. The summed E-state index contributed by atoms with van der Waals surface area (Å²) in [7, 11) is 4.02. The molecule has 0 aliphatic carbocycles. The first kappa shape index (κ1) is 28.9. The van der Waals surface area contributed by atoms with Crippen LogP contribution < -0.4 is 9.47 Å². The Morgan fingerprint density at radius 2 is 1.69 bits per heavy atom. The zero-order valence-corrected chi connectivity index (χ0v) is 25.4. The van der Waals surface area contributed by atoms with E-state index in [1.54, 1.807) is 24.8 Å². The number of rotatable bonds is 11. The molecule has 0 radical (unpaired) electrons. The highest BCUT2D eigenvalue weighted by molar-refractivity contribution is 6.00. The first-order chi connectivity index (χ1) is 22.0.